The Labute approximate surface area is 104 Å². The third-order valence-electron chi connectivity index (χ3n) is 2.53. The van der Waals surface area contributed by atoms with E-state index in [0.717, 1.165) is 0 Å². The van der Waals surface area contributed by atoms with Crippen molar-refractivity contribution in [3.05, 3.63) is 0 Å². The van der Waals surface area contributed by atoms with Crippen molar-refractivity contribution in [1.82, 2.24) is 10.4 Å². The Morgan fingerprint density at radius 1 is 1.33 bits per heavy atom. The molecular formula is C10H18N2O6. The quantitative estimate of drug-likeness (QED) is 0.540. The van der Waals surface area contributed by atoms with E-state index in [0.29, 0.717) is 32.5 Å². The van der Waals surface area contributed by atoms with Crippen LogP contribution in [0.1, 0.15) is 12.8 Å². The highest BCUT2D eigenvalue weighted by atomic mass is 16.7. The third kappa shape index (κ3) is 5.30. The molecule has 1 aliphatic heterocycles. The van der Waals surface area contributed by atoms with E-state index in [2.05, 4.69) is 10.3 Å². The summed E-state index contributed by atoms with van der Waals surface area (Å²) in [5, 5.41) is 16.9. The molecule has 0 aromatic heterocycles. The second-order valence-electron chi connectivity index (χ2n) is 3.87. The molecule has 0 aromatic rings. The normalized spacial score (nSPS) is 16.6. The molecule has 8 heteroatoms. The standard InChI is InChI=1S/C10H18N2O6/c13-5-6-17-8-1-3-12(4-2-8)10(16)11-18-7-9(14)15/h8,13H,1-7H2,(H,11,16)(H,14,15). The lowest BCUT2D eigenvalue weighted by molar-refractivity contribution is -0.144. The van der Waals surface area contributed by atoms with E-state index in [4.69, 9.17) is 14.9 Å². The maximum absolute atomic E-state index is 11.5. The number of carboxylic acid groups (broad SMARTS) is 1. The zero-order valence-corrected chi connectivity index (χ0v) is 10.0. The summed E-state index contributed by atoms with van der Waals surface area (Å²) in [6.07, 6.45) is 1.43. The molecule has 3 N–H and O–H groups in total. The van der Waals surface area contributed by atoms with Gasteiger partial charge in [0.2, 0.25) is 0 Å². The minimum atomic E-state index is -1.15. The Morgan fingerprint density at radius 2 is 2.00 bits per heavy atom. The third-order valence-corrected chi connectivity index (χ3v) is 2.53. The Balaban J connectivity index is 2.17. The second-order valence-corrected chi connectivity index (χ2v) is 3.87. The fourth-order valence-electron chi connectivity index (χ4n) is 1.67. The zero-order chi connectivity index (χ0) is 13.4. The summed E-state index contributed by atoms with van der Waals surface area (Å²) in [6.45, 7) is 0.751. The van der Waals surface area contributed by atoms with Crippen molar-refractivity contribution >= 4 is 12.0 Å². The van der Waals surface area contributed by atoms with Crippen LogP contribution in [0.4, 0.5) is 4.79 Å². The van der Waals surface area contributed by atoms with Crippen molar-refractivity contribution in [3.63, 3.8) is 0 Å². The number of aliphatic hydroxyl groups is 1. The molecule has 18 heavy (non-hydrogen) atoms. The number of likely N-dealkylation sites (tertiary alicyclic amines) is 1. The molecule has 0 unspecified atom stereocenters. The highest BCUT2D eigenvalue weighted by Gasteiger charge is 2.23. The highest BCUT2D eigenvalue weighted by Crippen LogP contribution is 2.13. The smallest absolute Gasteiger partial charge is 0.341 e. The maximum Gasteiger partial charge on any atom is 0.341 e. The fraction of sp³-hybridized carbons (Fsp3) is 0.800. The summed E-state index contributed by atoms with van der Waals surface area (Å²) < 4.78 is 5.36. The van der Waals surface area contributed by atoms with Crippen LogP contribution in [-0.4, -0.2) is 66.1 Å². The first kappa shape index (κ1) is 14.7. The van der Waals surface area contributed by atoms with Crippen LogP contribution >= 0.6 is 0 Å². The molecule has 1 rings (SSSR count). The summed E-state index contributed by atoms with van der Waals surface area (Å²) in [5.41, 5.74) is 2.07. The van der Waals surface area contributed by atoms with Crippen molar-refractivity contribution in [2.45, 2.75) is 18.9 Å². The topological polar surface area (TPSA) is 108 Å². The van der Waals surface area contributed by atoms with Gasteiger partial charge in [0.05, 0.1) is 19.3 Å². The first-order valence-corrected chi connectivity index (χ1v) is 5.74. The van der Waals surface area contributed by atoms with Crippen LogP contribution in [0.5, 0.6) is 0 Å². The number of ether oxygens (including phenoxy) is 1. The van der Waals surface area contributed by atoms with Crippen LogP contribution < -0.4 is 5.48 Å². The van der Waals surface area contributed by atoms with Gasteiger partial charge in [0.15, 0.2) is 6.61 Å². The number of hydrogen-bond acceptors (Lipinski definition) is 5. The van der Waals surface area contributed by atoms with Gasteiger partial charge in [-0.25, -0.2) is 15.1 Å². The average Bonchev–Trinajstić information content (AvgIpc) is 2.36. The molecule has 2 amide bonds. The van der Waals surface area contributed by atoms with Gasteiger partial charge in [0.25, 0.3) is 0 Å². The highest BCUT2D eigenvalue weighted by molar-refractivity contribution is 5.73. The van der Waals surface area contributed by atoms with Crippen molar-refractivity contribution < 1.29 is 29.4 Å². The van der Waals surface area contributed by atoms with Crippen LogP contribution in [-0.2, 0) is 14.4 Å². The Hall–Kier alpha value is -1.38. The molecule has 1 saturated heterocycles. The predicted molar refractivity (Wildman–Crippen MR) is 59.8 cm³/mol. The number of carbonyl (C=O) groups excluding carboxylic acids is 1. The van der Waals surface area contributed by atoms with Gasteiger partial charge >= 0.3 is 12.0 Å². The van der Waals surface area contributed by atoms with Crippen LogP contribution in [0, 0.1) is 0 Å². The van der Waals surface area contributed by atoms with Crippen LogP contribution in [0.15, 0.2) is 0 Å². The number of hydroxylamine groups is 1. The minimum absolute atomic E-state index is 0.0102. The molecule has 104 valence electrons. The molecular weight excluding hydrogens is 244 g/mol. The van der Waals surface area contributed by atoms with Gasteiger partial charge in [-0.2, -0.15) is 0 Å². The summed E-state index contributed by atoms with van der Waals surface area (Å²) in [5.74, 6) is -1.15. The number of piperidine rings is 1. The molecule has 1 heterocycles. The first-order valence-electron chi connectivity index (χ1n) is 5.74. The molecule has 0 spiro atoms. The van der Waals surface area contributed by atoms with Gasteiger partial charge in [-0.05, 0) is 12.8 Å². The van der Waals surface area contributed by atoms with E-state index in [-0.39, 0.29) is 12.7 Å². The Morgan fingerprint density at radius 3 is 2.56 bits per heavy atom. The van der Waals surface area contributed by atoms with Crippen molar-refractivity contribution in [1.29, 1.82) is 0 Å². The molecule has 1 aliphatic rings. The summed E-state index contributed by atoms with van der Waals surface area (Å²) in [6, 6.07) is -0.447. The minimum Gasteiger partial charge on any atom is -0.479 e. The Bertz CT molecular complexity index is 278. The lowest BCUT2D eigenvalue weighted by atomic mass is 10.1. The van der Waals surface area contributed by atoms with Gasteiger partial charge in [0, 0.05) is 13.1 Å². The molecule has 1 fully saturated rings. The predicted octanol–water partition coefficient (Wildman–Crippen LogP) is -0.814. The maximum atomic E-state index is 11.5. The van der Waals surface area contributed by atoms with E-state index < -0.39 is 18.6 Å². The van der Waals surface area contributed by atoms with E-state index >= 15 is 0 Å². The number of carboxylic acids is 1. The number of nitrogens with one attached hydrogen (secondary N) is 1. The van der Waals surface area contributed by atoms with Gasteiger partial charge in [0.1, 0.15) is 0 Å². The van der Waals surface area contributed by atoms with Gasteiger partial charge in [-0.1, -0.05) is 0 Å². The van der Waals surface area contributed by atoms with Gasteiger partial charge in [-0.15, -0.1) is 0 Å². The van der Waals surface area contributed by atoms with Crippen molar-refractivity contribution in [2.24, 2.45) is 0 Å². The van der Waals surface area contributed by atoms with Crippen LogP contribution in [0.2, 0.25) is 0 Å². The van der Waals surface area contributed by atoms with Crippen LogP contribution in [0.3, 0.4) is 0 Å². The van der Waals surface area contributed by atoms with Crippen molar-refractivity contribution in [2.75, 3.05) is 32.9 Å². The van der Waals surface area contributed by atoms with Crippen LogP contribution in [0.25, 0.3) is 0 Å². The number of nitrogens with zero attached hydrogens (tertiary/aromatic N) is 1. The first-order chi connectivity index (χ1) is 8.63. The van der Waals surface area contributed by atoms with Gasteiger partial charge < -0.3 is 19.8 Å². The average molecular weight is 262 g/mol. The lowest BCUT2D eigenvalue weighted by Gasteiger charge is -2.31. The van der Waals surface area contributed by atoms with E-state index in [1.165, 1.54) is 4.90 Å². The van der Waals surface area contributed by atoms with E-state index in [9.17, 15) is 9.59 Å². The number of carbonyl (C=O) groups is 2. The number of amides is 2. The monoisotopic (exact) mass is 262 g/mol. The molecule has 8 nitrogen and oxygen atoms in total. The summed E-state index contributed by atoms with van der Waals surface area (Å²) >= 11 is 0. The number of hydrogen-bond donors (Lipinski definition) is 3. The molecule has 0 aliphatic carbocycles. The summed E-state index contributed by atoms with van der Waals surface area (Å²) in [7, 11) is 0. The van der Waals surface area contributed by atoms with Gasteiger partial charge in [-0.3, -0.25) is 4.84 Å². The fourth-order valence-corrected chi connectivity index (χ4v) is 1.67. The molecule has 0 saturated carbocycles. The molecule has 0 aromatic carbocycles. The zero-order valence-electron chi connectivity index (χ0n) is 10.0. The lowest BCUT2D eigenvalue weighted by Crippen LogP contribution is -2.46. The molecule has 0 radical (unpaired) electrons. The SMILES string of the molecule is O=C(O)CONC(=O)N1CCC(OCCO)CC1. The number of aliphatic carboxylic acids is 1. The second kappa shape index (κ2) is 7.85. The van der Waals surface area contributed by atoms with E-state index in [1.54, 1.807) is 0 Å². The number of urea groups is 1. The van der Waals surface area contributed by atoms with Crippen molar-refractivity contribution in [3.8, 4) is 0 Å². The number of rotatable bonds is 6. The molecule has 0 bridgehead atoms. The van der Waals surface area contributed by atoms with E-state index in [1.807, 2.05) is 0 Å². The summed E-state index contributed by atoms with van der Waals surface area (Å²) in [4.78, 5) is 27.7. The Kier molecular flexibility index (Phi) is 6.40. The number of aliphatic hydroxyl groups excluding tert-OH is 1. The molecule has 0 atom stereocenters. The largest absolute Gasteiger partial charge is 0.479 e.